The predicted molar refractivity (Wildman–Crippen MR) is 114 cm³/mol. The first kappa shape index (κ1) is 19.3. The van der Waals surface area contributed by atoms with Gasteiger partial charge in [0.05, 0.1) is 25.5 Å². The molecule has 0 radical (unpaired) electrons. The van der Waals surface area contributed by atoms with Crippen LogP contribution in [0.4, 0.5) is 17.2 Å². The quantitative estimate of drug-likeness (QED) is 0.808. The highest BCUT2D eigenvalue weighted by Crippen LogP contribution is 2.33. The first-order valence-electron chi connectivity index (χ1n) is 9.89. The number of carbonyl (C=O) groups excluding carboxylic acids is 1. The third kappa shape index (κ3) is 4.35. The fraction of sp³-hybridized carbons (Fsp3) is 0.364. The number of hydrogen-bond donors (Lipinski definition) is 2. The molecule has 1 amide bonds. The van der Waals surface area contributed by atoms with Gasteiger partial charge in [0.1, 0.15) is 17.7 Å². The normalized spacial score (nSPS) is 18.0. The van der Waals surface area contributed by atoms with E-state index in [4.69, 9.17) is 15.2 Å². The second kappa shape index (κ2) is 8.13. The standard InChI is InChI=1S/C22H26N4O3/c1-14(2)22(27)24-15-3-5-16(6-4-15)26-9-7-19-18(12-26)20(11-21(23)25-19)29-17-8-10-28-13-17/h3-7,9,11,14,17H,8,10,12-13H2,1-2H3,(H2,23,25)(H,24,27). The molecule has 1 atom stereocenters. The van der Waals surface area contributed by atoms with Crippen molar-refractivity contribution in [1.29, 1.82) is 0 Å². The fourth-order valence-corrected chi connectivity index (χ4v) is 3.36. The summed E-state index contributed by atoms with van der Waals surface area (Å²) < 4.78 is 11.6. The molecule has 0 spiro atoms. The molecule has 1 aromatic heterocycles. The van der Waals surface area contributed by atoms with E-state index in [1.165, 1.54) is 0 Å². The average Bonchev–Trinajstić information content (AvgIpc) is 3.21. The molecule has 0 aliphatic carbocycles. The van der Waals surface area contributed by atoms with Crippen LogP contribution in [0.2, 0.25) is 0 Å². The van der Waals surface area contributed by atoms with Crippen LogP contribution in [-0.2, 0) is 16.1 Å². The Labute approximate surface area is 170 Å². The minimum atomic E-state index is -0.0557. The van der Waals surface area contributed by atoms with Crippen molar-refractivity contribution in [1.82, 2.24) is 4.98 Å². The van der Waals surface area contributed by atoms with Crippen LogP contribution in [0, 0.1) is 5.92 Å². The number of anilines is 3. The number of carbonyl (C=O) groups is 1. The molecular weight excluding hydrogens is 368 g/mol. The lowest BCUT2D eigenvalue weighted by molar-refractivity contribution is -0.118. The van der Waals surface area contributed by atoms with Crippen LogP contribution >= 0.6 is 0 Å². The molecule has 2 aliphatic rings. The number of hydrogen-bond acceptors (Lipinski definition) is 6. The summed E-state index contributed by atoms with van der Waals surface area (Å²) >= 11 is 0. The maximum atomic E-state index is 11.9. The number of benzene rings is 1. The molecule has 1 unspecified atom stereocenters. The number of amides is 1. The van der Waals surface area contributed by atoms with E-state index in [9.17, 15) is 4.79 Å². The molecule has 0 saturated carbocycles. The van der Waals surface area contributed by atoms with Crippen LogP contribution in [0.5, 0.6) is 5.75 Å². The number of nitrogens with one attached hydrogen (secondary N) is 1. The number of rotatable bonds is 5. The summed E-state index contributed by atoms with van der Waals surface area (Å²) in [5, 5.41) is 2.91. The van der Waals surface area contributed by atoms with Gasteiger partial charge in [0, 0.05) is 41.5 Å². The number of pyridine rings is 1. The third-order valence-electron chi connectivity index (χ3n) is 5.05. The van der Waals surface area contributed by atoms with Gasteiger partial charge in [0.25, 0.3) is 0 Å². The topological polar surface area (TPSA) is 89.7 Å². The lowest BCUT2D eigenvalue weighted by Crippen LogP contribution is -2.23. The van der Waals surface area contributed by atoms with Gasteiger partial charge >= 0.3 is 0 Å². The Bertz CT molecular complexity index is 918. The van der Waals surface area contributed by atoms with E-state index >= 15 is 0 Å². The fourth-order valence-electron chi connectivity index (χ4n) is 3.36. The molecule has 152 valence electrons. The van der Waals surface area contributed by atoms with E-state index in [1.54, 1.807) is 6.07 Å². The molecule has 3 N–H and O–H groups in total. The highest BCUT2D eigenvalue weighted by Gasteiger charge is 2.23. The van der Waals surface area contributed by atoms with Gasteiger partial charge < -0.3 is 25.4 Å². The summed E-state index contributed by atoms with van der Waals surface area (Å²) in [4.78, 5) is 18.4. The van der Waals surface area contributed by atoms with Gasteiger partial charge in [-0.05, 0) is 30.3 Å². The van der Waals surface area contributed by atoms with Gasteiger partial charge in [-0.1, -0.05) is 13.8 Å². The van der Waals surface area contributed by atoms with Gasteiger partial charge in [-0.15, -0.1) is 0 Å². The van der Waals surface area contributed by atoms with Crippen LogP contribution < -0.4 is 20.7 Å². The highest BCUT2D eigenvalue weighted by molar-refractivity contribution is 5.92. The van der Waals surface area contributed by atoms with Crippen LogP contribution in [0.15, 0.2) is 36.5 Å². The van der Waals surface area contributed by atoms with Gasteiger partial charge in [-0.3, -0.25) is 4.79 Å². The Morgan fingerprint density at radius 2 is 2.14 bits per heavy atom. The molecule has 29 heavy (non-hydrogen) atoms. The maximum absolute atomic E-state index is 11.9. The van der Waals surface area contributed by atoms with Crippen molar-refractivity contribution in [2.45, 2.75) is 32.9 Å². The zero-order valence-corrected chi connectivity index (χ0v) is 16.7. The first-order valence-corrected chi connectivity index (χ1v) is 9.89. The van der Waals surface area contributed by atoms with Crippen molar-refractivity contribution >= 4 is 29.2 Å². The van der Waals surface area contributed by atoms with Crippen LogP contribution in [0.25, 0.3) is 6.08 Å². The van der Waals surface area contributed by atoms with Crippen molar-refractivity contribution in [3.63, 3.8) is 0 Å². The van der Waals surface area contributed by atoms with Crippen LogP contribution in [0.1, 0.15) is 31.5 Å². The molecule has 2 aromatic rings. The molecule has 7 nitrogen and oxygen atoms in total. The van der Waals surface area contributed by atoms with Gasteiger partial charge in [-0.2, -0.15) is 0 Å². The monoisotopic (exact) mass is 394 g/mol. The Morgan fingerprint density at radius 1 is 1.34 bits per heavy atom. The minimum Gasteiger partial charge on any atom is -0.487 e. The molecule has 4 rings (SSSR count). The minimum absolute atomic E-state index is 0.00546. The van der Waals surface area contributed by atoms with Crippen molar-refractivity contribution < 1.29 is 14.3 Å². The highest BCUT2D eigenvalue weighted by atomic mass is 16.5. The number of nitrogens with two attached hydrogens (primary N) is 1. The molecule has 0 bridgehead atoms. The number of nitrogen functional groups attached to an aromatic ring is 1. The molecule has 2 aliphatic heterocycles. The second-order valence-electron chi connectivity index (χ2n) is 7.65. The SMILES string of the molecule is CC(C)C(=O)Nc1ccc(N2C=Cc3nc(N)cc(OC4CCOC4)c3C2)cc1. The van der Waals surface area contributed by atoms with E-state index in [1.807, 2.05) is 50.4 Å². The molecule has 7 heteroatoms. The number of ether oxygens (including phenoxy) is 2. The Morgan fingerprint density at radius 3 is 2.83 bits per heavy atom. The Balaban J connectivity index is 1.53. The average molecular weight is 394 g/mol. The zero-order valence-electron chi connectivity index (χ0n) is 16.7. The summed E-state index contributed by atoms with van der Waals surface area (Å²) in [7, 11) is 0. The van der Waals surface area contributed by atoms with Gasteiger partial charge in [0.2, 0.25) is 5.91 Å². The van der Waals surface area contributed by atoms with E-state index < -0.39 is 0 Å². The predicted octanol–water partition coefficient (Wildman–Crippen LogP) is 3.42. The summed E-state index contributed by atoms with van der Waals surface area (Å²) in [6.45, 7) is 5.69. The summed E-state index contributed by atoms with van der Waals surface area (Å²) in [6.07, 6.45) is 4.85. The summed E-state index contributed by atoms with van der Waals surface area (Å²) in [5.41, 5.74) is 9.61. The van der Waals surface area contributed by atoms with E-state index in [0.29, 0.717) is 19.0 Å². The molecule has 1 fully saturated rings. The van der Waals surface area contributed by atoms with Gasteiger partial charge in [0.15, 0.2) is 0 Å². The number of fused-ring (bicyclic) bond motifs is 1. The van der Waals surface area contributed by atoms with Crippen molar-refractivity contribution in [2.75, 3.05) is 29.2 Å². The van der Waals surface area contributed by atoms with Crippen molar-refractivity contribution in [2.24, 2.45) is 5.92 Å². The summed E-state index contributed by atoms with van der Waals surface area (Å²) in [5.74, 6) is 1.16. The molecular formula is C22H26N4O3. The smallest absolute Gasteiger partial charge is 0.226 e. The van der Waals surface area contributed by atoms with Crippen molar-refractivity contribution in [3.8, 4) is 5.75 Å². The summed E-state index contributed by atoms with van der Waals surface area (Å²) in [6, 6.07) is 9.59. The largest absolute Gasteiger partial charge is 0.487 e. The maximum Gasteiger partial charge on any atom is 0.226 e. The first-order chi connectivity index (χ1) is 14.0. The molecule has 1 aromatic carbocycles. The Kier molecular flexibility index (Phi) is 5.40. The van der Waals surface area contributed by atoms with Crippen LogP contribution in [-0.4, -0.2) is 30.2 Å². The Hall–Kier alpha value is -3.06. The zero-order chi connectivity index (χ0) is 20.4. The van der Waals surface area contributed by atoms with E-state index in [2.05, 4.69) is 15.2 Å². The van der Waals surface area contributed by atoms with Crippen molar-refractivity contribution in [3.05, 3.63) is 47.8 Å². The van der Waals surface area contributed by atoms with E-state index in [-0.39, 0.29) is 17.9 Å². The second-order valence-corrected chi connectivity index (χ2v) is 7.65. The van der Waals surface area contributed by atoms with Gasteiger partial charge in [-0.25, -0.2) is 4.98 Å². The molecule has 1 saturated heterocycles. The molecule has 3 heterocycles. The lowest BCUT2D eigenvalue weighted by atomic mass is 10.1. The lowest BCUT2D eigenvalue weighted by Gasteiger charge is -2.27. The third-order valence-corrected chi connectivity index (χ3v) is 5.05. The number of nitrogens with zero attached hydrogens (tertiary/aromatic N) is 2. The number of aromatic nitrogens is 1. The van der Waals surface area contributed by atoms with E-state index in [0.717, 1.165) is 41.4 Å². The van der Waals surface area contributed by atoms with Crippen LogP contribution in [0.3, 0.4) is 0 Å².